The van der Waals surface area contributed by atoms with Gasteiger partial charge in [0.05, 0.1) is 0 Å². The molecule has 0 atom stereocenters. The lowest BCUT2D eigenvalue weighted by Crippen LogP contribution is -2.33. The quantitative estimate of drug-likeness (QED) is 0.819. The number of rotatable bonds is 2. The summed E-state index contributed by atoms with van der Waals surface area (Å²) in [6.07, 6.45) is 0. The number of para-hydroxylation sites is 1. The smallest absolute Gasteiger partial charge is 0.175 e. The van der Waals surface area contributed by atoms with Gasteiger partial charge in [-0.05, 0) is 24.4 Å². The molecule has 2 N–H and O–H groups in total. The summed E-state index contributed by atoms with van der Waals surface area (Å²) in [5, 5.41) is 6.57. The predicted octanol–water partition coefficient (Wildman–Crippen LogP) is 3.35. The molecule has 0 aliphatic heterocycles. The van der Waals surface area contributed by atoms with E-state index in [1.54, 1.807) is 0 Å². The molecule has 2 aromatic rings. The molecule has 0 amide bonds. The van der Waals surface area contributed by atoms with E-state index in [9.17, 15) is 0 Å². The summed E-state index contributed by atoms with van der Waals surface area (Å²) in [7, 11) is 0. The van der Waals surface area contributed by atoms with Crippen LogP contribution in [0.3, 0.4) is 0 Å². The number of hydrogen-bond donors (Lipinski definition) is 2. The molecule has 0 radical (unpaired) electrons. The van der Waals surface area contributed by atoms with Gasteiger partial charge in [0.1, 0.15) is 4.99 Å². The van der Waals surface area contributed by atoms with E-state index in [0.717, 1.165) is 11.3 Å². The van der Waals surface area contributed by atoms with E-state index in [1.165, 1.54) is 0 Å². The molecule has 18 heavy (non-hydrogen) atoms. The zero-order valence-corrected chi connectivity index (χ0v) is 11.2. The maximum Gasteiger partial charge on any atom is 0.175 e. The van der Waals surface area contributed by atoms with Crippen LogP contribution in [0.25, 0.3) is 0 Å². The van der Waals surface area contributed by atoms with Crippen molar-refractivity contribution in [2.24, 2.45) is 0 Å². The van der Waals surface area contributed by atoms with Crippen molar-refractivity contribution in [3.63, 3.8) is 0 Å². The Labute approximate surface area is 117 Å². The fourth-order valence-electron chi connectivity index (χ4n) is 1.45. The Hall–Kier alpha value is -1.78. The summed E-state index contributed by atoms with van der Waals surface area (Å²) in [5.74, 6) is 0. The highest BCUT2D eigenvalue weighted by Gasteiger charge is 2.02. The Morgan fingerprint density at radius 1 is 0.778 bits per heavy atom. The van der Waals surface area contributed by atoms with Gasteiger partial charge in [0.25, 0.3) is 0 Å². The van der Waals surface area contributed by atoms with Gasteiger partial charge in [-0.1, -0.05) is 60.7 Å². The third-order valence-electron chi connectivity index (χ3n) is 2.29. The van der Waals surface area contributed by atoms with Gasteiger partial charge < -0.3 is 10.6 Å². The summed E-state index contributed by atoms with van der Waals surface area (Å²) >= 11 is 10.5. The van der Waals surface area contributed by atoms with E-state index < -0.39 is 0 Å². The highest BCUT2D eigenvalue weighted by Crippen LogP contribution is 2.05. The first kappa shape index (κ1) is 12.7. The third-order valence-corrected chi connectivity index (χ3v) is 2.84. The minimum atomic E-state index is 0.495. The van der Waals surface area contributed by atoms with E-state index in [2.05, 4.69) is 10.6 Å². The van der Waals surface area contributed by atoms with Crippen molar-refractivity contribution in [1.82, 2.24) is 5.32 Å². The van der Waals surface area contributed by atoms with Gasteiger partial charge in [-0.25, -0.2) is 0 Å². The lowest BCUT2D eigenvalue weighted by molar-refractivity contribution is 1.40. The van der Waals surface area contributed by atoms with Crippen molar-refractivity contribution in [1.29, 1.82) is 0 Å². The molecular formula is C14H12N2S2. The lowest BCUT2D eigenvalue weighted by atomic mass is 10.2. The molecule has 2 nitrogen and oxygen atoms in total. The molecule has 0 spiro atoms. The molecule has 0 aliphatic rings. The van der Waals surface area contributed by atoms with Gasteiger partial charge in [0, 0.05) is 11.3 Å². The van der Waals surface area contributed by atoms with Crippen molar-refractivity contribution in [2.45, 2.75) is 0 Å². The van der Waals surface area contributed by atoms with Crippen LogP contribution in [0, 0.1) is 0 Å². The second-order valence-corrected chi connectivity index (χ2v) is 4.46. The largest absolute Gasteiger partial charge is 0.332 e. The lowest BCUT2D eigenvalue weighted by Gasteiger charge is -2.11. The second kappa shape index (κ2) is 6.23. The molecule has 90 valence electrons. The van der Waals surface area contributed by atoms with Crippen molar-refractivity contribution < 1.29 is 0 Å². The van der Waals surface area contributed by atoms with Gasteiger partial charge in [0.2, 0.25) is 0 Å². The number of benzene rings is 2. The minimum absolute atomic E-state index is 0.495. The molecule has 2 aromatic carbocycles. The zero-order valence-electron chi connectivity index (χ0n) is 9.59. The van der Waals surface area contributed by atoms with Crippen molar-refractivity contribution in [3.8, 4) is 0 Å². The van der Waals surface area contributed by atoms with Gasteiger partial charge >= 0.3 is 0 Å². The Kier molecular flexibility index (Phi) is 4.39. The SMILES string of the molecule is S=C(NC(=S)c1ccccc1)Nc1ccccc1. The minimum Gasteiger partial charge on any atom is -0.332 e. The molecule has 0 heterocycles. The van der Waals surface area contributed by atoms with Gasteiger partial charge in [-0.15, -0.1) is 0 Å². The summed E-state index contributed by atoms with van der Waals surface area (Å²) in [6.45, 7) is 0. The van der Waals surface area contributed by atoms with Crippen LogP contribution in [0.5, 0.6) is 0 Å². The van der Waals surface area contributed by atoms with Crippen LogP contribution in [0.15, 0.2) is 60.7 Å². The monoisotopic (exact) mass is 272 g/mol. The van der Waals surface area contributed by atoms with Crippen molar-refractivity contribution in [2.75, 3.05) is 5.32 Å². The molecule has 2 rings (SSSR count). The molecule has 0 saturated carbocycles. The number of thiocarbonyl (C=S) groups is 2. The highest BCUT2D eigenvalue weighted by molar-refractivity contribution is 7.82. The van der Waals surface area contributed by atoms with Crippen LogP contribution >= 0.6 is 24.4 Å². The van der Waals surface area contributed by atoms with E-state index in [-0.39, 0.29) is 0 Å². The molecule has 0 aliphatic carbocycles. The standard InChI is InChI=1S/C14H12N2S2/c17-13(11-7-3-1-4-8-11)16-14(18)15-12-9-5-2-6-10-12/h1-10H,(H2,15,16,17,18). The van der Waals surface area contributed by atoms with Crippen molar-refractivity contribution in [3.05, 3.63) is 66.2 Å². The van der Waals surface area contributed by atoms with Crippen LogP contribution in [-0.4, -0.2) is 10.1 Å². The third kappa shape index (κ3) is 3.61. The Bertz CT molecular complexity index is 538. The Balaban J connectivity index is 1.94. The van der Waals surface area contributed by atoms with Gasteiger partial charge in [-0.3, -0.25) is 0 Å². The van der Waals surface area contributed by atoms with Crippen LogP contribution in [-0.2, 0) is 0 Å². The average molecular weight is 272 g/mol. The van der Waals surface area contributed by atoms with E-state index >= 15 is 0 Å². The Morgan fingerprint density at radius 2 is 1.33 bits per heavy atom. The maximum atomic E-state index is 5.27. The molecule has 0 bridgehead atoms. The molecule has 0 saturated heterocycles. The fourth-order valence-corrected chi connectivity index (χ4v) is 1.97. The Morgan fingerprint density at radius 3 is 1.94 bits per heavy atom. The number of hydrogen-bond acceptors (Lipinski definition) is 2. The first-order valence-corrected chi connectivity index (χ1v) is 6.30. The molecule has 0 unspecified atom stereocenters. The predicted molar refractivity (Wildman–Crippen MR) is 83.9 cm³/mol. The van der Waals surface area contributed by atoms with E-state index in [1.807, 2.05) is 60.7 Å². The normalized spacial score (nSPS) is 9.56. The van der Waals surface area contributed by atoms with Crippen LogP contribution < -0.4 is 10.6 Å². The summed E-state index contributed by atoms with van der Waals surface area (Å²) in [5.41, 5.74) is 1.88. The topological polar surface area (TPSA) is 24.1 Å². The first-order valence-electron chi connectivity index (χ1n) is 5.48. The molecule has 4 heteroatoms. The highest BCUT2D eigenvalue weighted by atomic mass is 32.1. The summed E-state index contributed by atoms with van der Waals surface area (Å²) < 4.78 is 0. The van der Waals surface area contributed by atoms with Gasteiger partial charge in [0.15, 0.2) is 5.11 Å². The fraction of sp³-hybridized carbons (Fsp3) is 0. The number of nitrogens with one attached hydrogen (secondary N) is 2. The summed E-state index contributed by atoms with van der Waals surface area (Å²) in [4.78, 5) is 0.615. The molecular weight excluding hydrogens is 260 g/mol. The van der Waals surface area contributed by atoms with E-state index in [4.69, 9.17) is 24.4 Å². The second-order valence-electron chi connectivity index (χ2n) is 3.64. The van der Waals surface area contributed by atoms with E-state index in [0.29, 0.717) is 10.1 Å². The molecule has 0 aromatic heterocycles. The average Bonchev–Trinajstić information content (AvgIpc) is 2.40. The zero-order chi connectivity index (χ0) is 12.8. The van der Waals surface area contributed by atoms with Gasteiger partial charge in [-0.2, -0.15) is 0 Å². The van der Waals surface area contributed by atoms with Crippen LogP contribution in [0.1, 0.15) is 5.56 Å². The van der Waals surface area contributed by atoms with Crippen LogP contribution in [0.2, 0.25) is 0 Å². The van der Waals surface area contributed by atoms with Crippen LogP contribution in [0.4, 0.5) is 5.69 Å². The maximum absolute atomic E-state index is 5.27. The summed E-state index contributed by atoms with van der Waals surface area (Å²) in [6, 6.07) is 19.5. The number of anilines is 1. The molecule has 0 fully saturated rings. The van der Waals surface area contributed by atoms with Crippen molar-refractivity contribution >= 4 is 40.2 Å². The first-order chi connectivity index (χ1) is 8.75.